The van der Waals surface area contributed by atoms with Crippen LogP contribution >= 0.6 is 0 Å². The Morgan fingerprint density at radius 1 is 1.53 bits per heavy atom. The average molecular weight is 235 g/mol. The van der Waals surface area contributed by atoms with E-state index in [2.05, 4.69) is 11.9 Å². The Kier molecular flexibility index (Phi) is 4.04. The number of allylic oxidation sites excluding steroid dienone is 2. The average Bonchev–Trinajstić information content (AvgIpc) is 2.22. The molecule has 1 aromatic carbocycles. The number of aliphatic hydroxyl groups excluding tert-OH is 1. The van der Waals surface area contributed by atoms with E-state index in [4.69, 9.17) is 0 Å². The number of hydrogen-bond donors (Lipinski definition) is 2. The topological polar surface area (TPSA) is 49.3 Å². The third-order valence-corrected chi connectivity index (χ3v) is 2.19. The van der Waals surface area contributed by atoms with E-state index in [-0.39, 0.29) is 17.4 Å². The predicted molar refractivity (Wildman–Crippen MR) is 66.1 cm³/mol. The molecule has 0 aliphatic carbocycles. The number of anilines is 1. The van der Waals surface area contributed by atoms with E-state index in [1.54, 1.807) is 19.1 Å². The summed E-state index contributed by atoms with van der Waals surface area (Å²) >= 11 is 0. The van der Waals surface area contributed by atoms with Gasteiger partial charge in [0.05, 0.1) is 5.69 Å². The maximum atomic E-state index is 13.6. The smallest absolute Gasteiger partial charge is 0.221 e. The van der Waals surface area contributed by atoms with Crippen molar-refractivity contribution >= 4 is 17.2 Å². The van der Waals surface area contributed by atoms with Gasteiger partial charge in [0.1, 0.15) is 11.6 Å². The lowest BCUT2D eigenvalue weighted by atomic mass is 10.0. The predicted octanol–water partition coefficient (Wildman–Crippen LogP) is 3.26. The van der Waals surface area contributed by atoms with Crippen molar-refractivity contribution in [2.75, 3.05) is 5.32 Å². The molecule has 4 heteroatoms. The molecule has 0 aliphatic rings. The minimum Gasteiger partial charge on any atom is -0.508 e. The van der Waals surface area contributed by atoms with Gasteiger partial charge < -0.3 is 10.4 Å². The first-order valence-electron chi connectivity index (χ1n) is 5.07. The third kappa shape index (κ3) is 3.17. The minimum absolute atomic E-state index is 0.111. The van der Waals surface area contributed by atoms with Crippen LogP contribution in [0.1, 0.15) is 19.4 Å². The highest BCUT2D eigenvalue weighted by atomic mass is 19.1. The van der Waals surface area contributed by atoms with Crippen molar-refractivity contribution < 1.29 is 14.3 Å². The normalized spacial score (nSPS) is 11.1. The Hall–Kier alpha value is -2.10. The molecule has 3 nitrogen and oxygen atoms in total. The maximum absolute atomic E-state index is 13.6. The van der Waals surface area contributed by atoms with Crippen LogP contribution in [0.3, 0.4) is 0 Å². The highest BCUT2D eigenvalue weighted by Crippen LogP contribution is 2.24. The molecule has 0 bridgehead atoms. The monoisotopic (exact) mass is 235 g/mol. The lowest BCUT2D eigenvalue weighted by molar-refractivity contribution is -0.114. The highest BCUT2D eigenvalue weighted by molar-refractivity contribution is 5.89. The molecular weight excluding hydrogens is 221 g/mol. The molecule has 0 aliphatic heterocycles. The first-order valence-corrected chi connectivity index (χ1v) is 5.07. The van der Waals surface area contributed by atoms with E-state index in [0.29, 0.717) is 11.1 Å². The summed E-state index contributed by atoms with van der Waals surface area (Å²) in [7, 11) is 0. The number of carbonyl (C=O) groups excluding carboxylic acids is 1. The zero-order chi connectivity index (χ0) is 13.0. The number of aliphatic hydroxyl groups is 1. The molecule has 0 unspecified atom stereocenters. The second-order valence-corrected chi connectivity index (χ2v) is 3.52. The molecule has 1 rings (SSSR count). The molecule has 17 heavy (non-hydrogen) atoms. The van der Waals surface area contributed by atoms with Crippen molar-refractivity contribution in [3.05, 3.63) is 48.0 Å². The second kappa shape index (κ2) is 5.30. The van der Waals surface area contributed by atoms with Crippen LogP contribution in [-0.2, 0) is 4.79 Å². The summed E-state index contributed by atoms with van der Waals surface area (Å²) in [4.78, 5) is 10.8. The molecule has 0 saturated heterocycles. The fourth-order valence-electron chi connectivity index (χ4n) is 1.47. The molecular formula is C13H14FNO2. The van der Waals surface area contributed by atoms with E-state index in [1.807, 2.05) is 0 Å². The molecule has 2 N–H and O–H groups in total. The van der Waals surface area contributed by atoms with Crippen molar-refractivity contribution in [2.45, 2.75) is 13.8 Å². The van der Waals surface area contributed by atoms with Crippen LogP contribution < -0.4 is 5.32 Å². The van der Waals surface area contributed by atoms with Gasteiger partial charge in [0.2, 0.25) is 5.91 Å². The summed E-state index contributed by atoms with van der Waals surface area (Å²) in [5.74, 6) is -1.02. The summed E-state index contributed by atoms with van der Waals surface area (Å²) < 4.78 is 13.6. The molecule has 0 heterocycles. The fraction of sp³-hybridized carbons (Fsp3) is 0.154. The number of amides is 1. The third-order valence-electron chi connectivity index (χ3n) is 2.19. The van der Waals surface area contributed by atoms with Gasteiger partial charge >= 0.3 is 0 Å². The zero-order valence-corrected chi connectivity index (χ0v) is 9.75. The number of benzene rings is 1. The van der Waals surface area contributed by atoms with Gasteiger partial charge in [0.25, 0.3) is 0 Å². The van der Waals surface area contributed by atoms with Crippen LogP contribution in [0.15, 0.2) is 36.6 Å². The number of rotatable bonds is 3. The van der Waals surface area contributed by atoms with Gasteiger partial charge in [-0.2, -0.15) is 0 Å². The first-order chi connectivity index (χ1) is 7.95. The zero-order valence-electron chi connectivity index (χ0n) is 9.75. The Labute approximate surface area is 99.3 Å². The van der Waals surface area contributed by atoms with E-state index in [0.717, 1.165) is 0 Å². The molecule has 0 saturated carbocycles. The minimum atomic E-state index is -0.557. The molecule has 0 radical (unpaired) electrons. The van der Waals surface area contributed by atoms with Crippen LogP contribution in [0.25, 0.3) is 5.57 Å². The number of nitrogens with one attached hydrogen (secondary N) is 1. The van der Waals surface area contributed by atoms with E-state index in [1.165, 1.54) is 19.1 Å². The summed E-state index contributed by atoms with van der Waals surface area (Å²) in [5, 5.41) is 11.7. The van der Waals surface area contributed by atoms with Crippen LogP contribution in [0.4, 0.5) is 10.1 Å². The SMILES string of the molecule is C=C(O)/C(=C\C)c1ccc(NC(C)=O)c(F)c1. The molecule has 0 atom stereocenters. The molecule has 0 fully saturated rings. The first kappa shape index (κ1) is 13.0. The van der Waals surface area contributed by atoms with E-state index in [9.17, 15) is 14.3 Å². The van der Waals surface area contributed by atoms with Gasteiger partial charge in [-0.25, -0.2) is 4.39 Å². The molecule has 0 spiro atoms. The maximum Gasteiger partial charge on any atom is 0.221 e. The fourth-order valence-corrected chi connectivity index (χ4v) is 1.47. The Morgan fingerprint density at radius 3 is 2.59 bits per heavy atom. The molecule has 90 valence electrons. The molecule has 1 aromatic rings. The van der Waals surface area contributed by atoms with Crippen molar-refractivity contribution in [3.63, 3.8) is 0 Å². The van der Waals surface area contributed by atoms with Gasteiger partial charge in [0, 0.05) is 12.5 Å². The van der Waals surface area contributed by atoms with Gasteiger partial charge in [-0.1, -0.05) is 18.7 Å². The van der Waals surface area contributed by atoms with Gasteiger partial charge in [-0.15, -0.1) is 0 Å². The van der Waals surface area contributed by atoms with Crippen LogP contribution in [0.5, 0.6) is 0 Å². The molecule has 0 aromatic heterocycles. The van der Waals surface area contributed by atoms with Gasteiger partial charge in [-0.3, -0.25) is 4.79 Å². The lowest BCUT2D eigenvalue weighted by Gasteiger charge is -2.08. The Bertz CT molecular complexity index is 492. The van der Waals surface area contributed by atoms with Crippen molar-refractivity contribution in [3.8, 4) is 0 Å². The lowest BCUT2D eigenvalue weighted by Crippen LogP contribution is -2.07. The highest BCUT2D eigenvalue weighted by Gasteiger charge is 2.09. The number of hydrogen-bond acceptors (Lipinski definition) is 2. The second-order valence-electron chi connectivity index (χ2n) is 3.52. The van der Waals surface area contributed by atoms with Crippen LogP contribution in [-0.4, -0.2) is 11.0 Å². The summed E-state index contributed by atoms with van der Waals surface area (Å²) in [6, 6.07) is 4.28. The standard InChI is InChI=1S/C13H14FNO2/c1-4-11(8(2)16)10-5-6-13(12(14)7-10)15-9(3)17/h4-7,16H,2H2,1,3H3,(H,15,17)/b11-4+. The quantitative estimate of drug-likeness (QED) is 0.624. The largest absolute Gasteiger partial charge is 0.508 e. The summed E-state index contributed by atoms with van der Waals surface area (Å²) in [6.07, 6.45) is 1.63. The van der Waals surface area contributed by atoms with Crippen molar-refractivity contribution in [1.82, 2.24) is 0 Å². The van der Waals surface area contributed by atoms with Crippen LogP contribution in [0.2, 0.25) is 0 Å². The molecule has 1 amide bonds. The van der Waals surface area contributed by atoms with E-state index >= 15 is 0 Å². The van der Waals surface area contributed by atoms with Gasteiger partial charge in [-0.05, 0) is 24.6 Å². The number of halogens is 1. The Balaban J connectivity index is 3.12. The van der Waals surface area contributed by atoms with Crippen molar-refractivity contribution in [1.29, 1.82) is 0 Å². The Morgan fingerprint density at radius 2 is 2.18 bits per heavy atom. The van der Waals surface area contributed by atoms with Crippen LogP contribution in [0, 0.1) is 5.82 Å². The van der Waals surface area contributed by atoms with Crippen molar-refractivity contribution in [2.24, 2.45) is 0 Å². The number of carbonyl (C=O) groups is 1. The summed E-state index contributed by atoms with van der Waals surface area (Å²) in [5.41, 5.74) is 1.07. The van der Waals surface area contributed by atoms with E-state index < -0.39 is 5.82 Å². The summed E-state index contributed by atoms with van der Waals surface area (Å²) in [6.45, 7) is 6.42. The van der Waals surface area contributed by atoms with Gasteiger partial charge in [0.15, 0.2) is 0 Å².